The molecular formula is C20H24N2O3. The van der Waals surface area contributed by atoms with Crippen molar-refractivity contribution in [2.75, 3.05) is 17.2 Å². The number of nitrogens with one attached hydrogen (secondary N) is 2. The van der Waals surface area contributed by atoms with E-state index in [1.165, 1.54) is 6.92 Å². The molecule has 0 bridgehead atoms. The molecule has 2 N–H and O–H groups in total. The number of benzene rings is 2. The van der Waals surface area contributed by atoms with Crippen molar-refractivity contribution in [2.24, 2.45) is 5.92 Å². The molecule has 0 aliphatic heterocycles. The van der Waals surface area contributed by atoms with Crippen LogP contribution < -0.4 is 15.4 Å². The van der Waals surface area contributed by atoms with Crippen LogP contribution in [0.25, 0.3) is 0 Å². The molecule has 5 nitrogen and oxygen atoms in total. The van der Waals surface area contributed by atoms with Gasteiger partial charge in [-0.1, -0.05) is 19.9 Å². The highest BCUT2D eigenvalue weighted by Gasteiger charge is 2.07. The van der Waals surface area contributed by atoms with Crippen molar-refractivity contribution in [3.05, 3.63) is 54.1 Å². The number of hydrogen-bond donors (Lipinski definition) is 2. The van der Waals surface area contributed by atoms with E-state index in [-0.39, 0.29) is 11.8 Å². The molecule has 2 amide bonds. The molecule has 0 saturated heterocycles. The van der Waals surface area contributed by atoms with E-state index in [0.717, 1.165) is 12.2 Å². The summed E-state index contributed by atoms with van der Waals surface area (Å²) in [6.45, 7) is 6.41. The van der Waals surface area contributed by atoms with Gasteiger partial charge in [0.1, 0.15) is 5.75 Å². The van der Waals surface area contributed by atoms with Crippen LogP contribution in [0.3, 0.4) is 0 Å². The summed E-state index contributed by atoms with van der Waals surface area (Å²) in [5.41, 5.74) is 1.80. The van der Waals surface area contributed by atoms with Crippen molar-refractivity contribution in [3.8, 4) is 5.75 Å². The van der Waals surface area contributed by atoms with Crippen molar-refractivity contribution >= 4 is 23.2 Å². The van der Waals surface area contributed by atoms with Crippen LogP contribution in [0.2, 0.25) is 0 Å². The molecular weight excluding hydrogens is 316 g/mol. The van der Waals surface area contributed by atoms with E-state index in [1.807, 2.05) is 0 Å². The average molecular weight is 340 g/mol. The lowest BCUT2D eigenvalue weighted by Gasteiger charge is -2.10. The molecule has 2 aromatic carbocycles. The lowest BCUT2D eigenvalue weighted by Crippen LogP contribution is -2.12. The predicted molar refractivity (Wildman–Crippen MR) is 100 cm³/mol. The molecule has 2 aromatic rings. The number of ether oxygens (including phenoxy) is 1. The number of amides is 2. The smallest absolute Gasteiger partial charge is 0.255 e. The van der Waals surface area contributed by atoms with Gasteiger partial charge in [0.15, 0.2) is 0 Å². The van der Waals surface area contributed by atoms with E-state index >= 15 is 0 Å². The summed E-state index contributed by atoms with van der Waals surface area (Å²) in [6.07, 6.45) is 0.993. The number of rotatable bonds is 7. The normalized spacial score (nSPS) is 10.4. The third-order valence-electron chi connectivity index (χ3n) is 3.52. The Hall–Kier alpha value is -2.82. The fourth-order valence-electron chi connectivity index (χ4n) is 2.20. The first-order valence-corrected chi connectivity index (χ1v) is 8.36. The van der Waals surface area contributed by atoms with Crippen molar-refractivity contribution in [1.82, 2.24) is 0 Å². The standard InChI is InChI=1S/C20H24N2O3/c1-14(2)11-12-25-19-9-7-16(8-10-19)20(24)22-18-6-4-5-17(13-18)21-15(3)23/h4-10,13-14H,11-12H2,1-3H3,(H,21,23)(H,22,24). The van der Waals surface area contributed by atoms with Crippen LogP contribution in [0, 0.1) is 5.92 Å². The average Bonchev–Trinajstić information content (AvgIpc) is 2.55. The zero-order valence-corrected chi connectivity index (χ0v) is 14.8. The molecule has 0 atom stereocenters. The fourth-order valence-corrected chi connectivity index (χ4v) is 2.20. The largest absolute Gasteiger partial charge is 0.494 e. The molecule has 0 aliphatic carbocycles. The van der Waals surface area contributed by atoms with Gasteiger partial charge in [-0.2, -0.15) is 0 Å². The van der Waals surface area contributed by atoms with E-state index in [0.29, 0.717) is 29.5 Å². The summed E-state index contributed by atoms with van der Waals surface area (Å²) in [5.74, 6) is 0.980. The minimum atomic E-state index is -0.214. The highest BCUT2D eigenvalue weighted by atomic mass is 16.5. The maximum absolute atomic E-state index is 12.3. The quantitative estimate of drug-likeness (QED) is 0.788. The highest BCUT2D eigenvalue weighted by molar-refractivity contribution is 6.04. The summed E-state index contributed by atoms with van der Waals surface area (Å²) in [5, 5.41) is 5.50. The van der Waals surface area contributed by atoms with E-state index < -0.39 is 0 Å². The third kappa shape index (κ3) is 6.30. The minimum Gasteiger partial charge on any atom is -0.494 e. The van der Waals surface area contributed by atoms with E-state index in [1.54, 1.807) is 48.5 Å². The van der Waals surface area contributed by atoms with Crippen LogP contribution >= 0.6 is 0 Å². The van der Waals surface area contributed by atoms with Crippen LogP contribution in [0.5, 0.6) is 5.75 Å². The summed E-state index contributed by atoms with van der Waals surface area (Å²) in [6, 6.07) is 14.1. The number of anilines is 2. The monoisotopic (exact) mass is 340 g/mol. The highest BCUT2D eigenvalue weighted by Crippen LogP contribution is 2.18. The Morgan fingerprint density at radius 2 is 1.64 bits per heavy atom. The van der Waals surface area contributed by atoms with Crippen LogP contribution in [0.1, 0.15) is 37.6 Å². The van der Waals surface area contributed by atoms with Crippen molar-refractivity contribution in [2.45, 2.75) is 27.2 Å². The Balaban J connectivity index is 1.95. The SMILES string of the molecule is CC(=O)Nc1cccc(NC(=O)c2ccc(OCCC(C)C)cc2)c1. The first-order valence-electron chi connectivity index (χ1n) is 8.36. The molecule has 0 saturated carbocycles. The molecule has 0 spiro atoms. The molecule has 0 aliphatic rings. The van der Waals surface area contributed by atoms with Crippen LogP contribution in [-0.2, 0) is 4.79 Å². The van der Waals surface area contributed by atoms with E-state index in [4.69, 9.17) is 4.74 Å². The van der Waals surface area contributed by atoms with Crippen molar-refractivity contribution in [3.63, 3.8) is 0 Å². The van der Waals surface area contributed by atoms with Crippen LogP contribution in [-0.4, -0.2) is 18.4 Å². The molecule has 2 rings (SSSR count). The van der Waals surface area contributed by atoms with Gasteiger partial charge in [0.25, 0.3) is 5.91 Å². The summed E-state index contributed by atoms with van der Waals surface area (Å²) in [4.78, 5) is 23.4. The van der Waals surface area contributed by atoms with Gasteiger partial charge < -0.3 is 15.4 Å². The van der Waals surface area contributed by atoms with Gasteiger partial charge in [0.05, 0.1) is 6.61 Å². The summed E-state index contributed by atoms with van der Waals surface area (Å²) >= 11 is 0. The minimum absolute atomic E-state index is 0.156. The van der Waals surface area contributed by atoms with E-state index in [2.05, 4.69) is 24.5 Å². The van der Waals surface area contributed by atoms with Crippen molar-refractivity contribution < 1.29 is 14.3 Å². The van der Waals surface area contributed by atoms with Gasteiger partial charge in [-0.25, -0.2) is 0 Å². The first kappa shape index (κ1) is 18.5. The molecule has 0 unspecified atom stereocenters. The predicted octanol–water partition coefficient (Wildman–Crippen LogP) is 4.32. The van der Waals surface area contributed by atoms with Gasteiger partial charge >= 0.3 is 0 Å². The van der Waals surface area contributed by atoms with Gasteiger partial charge in [-0.05, 0) is 54.8 Å². The Morgan fingerprint density at radius 3 is 2.24 bits per heavy atom. The molecule has 0 radical (unpaired) electrons. The molecule has 0 heterocycles. The van der Waals surface area contributed by atoms with Gasteiger partial charge in [0, 0.05) is 23.9 Å². The van der Waals surface area contributed by atoms with Crippen LogP contribution in [0.15, 0.2) is 48.5 Å². The second-order valence-electron chi connectivity index (χ2n) is 6.27. The molecule has 132 valence electrons. The molecule has 25 heavy (non-hydrogen) atoms. The van der Waals surface area contributed by atoms with Gasteiger partial charge in [0.2, 0.25) is 5.91 Å². The second kappa shape index (κ2) is 8.87. The van der Waals surface area contributed by atoms with Crippen molar-refractivity contribution in [1.29, 1.82) is 0 Å². The number of hydrogen-bond acceptors (Lipinski definition) is 3. The number of carbonyl (C=O) groups excluding carboxylic acids is 2. The second-order valence-corrected chi connectivity index (χ2v) is 6.27. The Morgan fingerprint density at radius 1 is 1.00 bits per heavy atom. The Labute approximate surface area is 148 Å². The summed E-state index contributed by atoms with van der Waals surface area (Å²) < 4.78 is 5.65. The molecule has 0 fully saturated rings. The maximum Gasteiger partial charge on any atom is 0.255 e. The lowest BCUT2D eigenvalue weighted by atomic mass is 10.1. The first-order chi connectivity index (χ1) is 11.9. The topological polar surface area (TPSA) is 67.4 Å². The third-order valence-corrected chi connectivity index (χ3v) is 3.52. The molecule has 0 aromatic heterocycles. The van der Waals surface area contributed by atoms with Gasteiger partial charge in [-0.3, -0.25) is 9.59 Å². The zero-order chi connectivity index (χ0) is 18.2. The zero-order valence-electron chi connectivity index (χ0n) is 14.8. The lowest BCUT2D eigenvalue weighted by molar-refractivity contribution is -0.114. The number of carbonyl (C=O) groups is 2. The fraction of sp³-hybridized carbons (Fsp3) is 0.300. The Bertz CT molecular complexity index is 724. The van der Waals surface area contributed by atoms with E-state index in [9.17, 15) is 9.59 Å². The summed E-state index contributed by atoms with van der Waals surface area (Å²) in [7, 11) is 0. The Kier molecular flexibility index (Phi) is 6.57. The van der Waals surface area contributed by atoms with Gasteiger partial charge in [-0.15, -0.1) is 0 Å². The maximum atomic E-state index is 12.3. The van der Waals surface area contributed by atoms with Crippen LogP contribution in [0.4, 0.5) is 11.4 Å². The molecule has 5 heteroatoms.